The predicted molar refractivity (Wildman–Crippen MR) is 120 cm³/mol. The van der Waals surface area contributed by atoms with E-state index in [0.29, 0.717) is 16.3 Å². The van der Waals surface area contributed by atoms with E-state index in [1.165, 1.54) is 6.42 Å². The summed E-state index contributed by atoms with van der Waals surface area (Å²) in [6.07, 6.45) is 6.89. The second-order valence-electron chi connectivity index (χ2n) is 7.31. The first-order chi connectivity index (χ1) is 14.0. The molecule has 1 aliphatic rings. The third-order valence-electron chi connectivity index (χ3n) is 5.60. The quantitative estimate of drug-likeness (QED) is 0.419. The number of carbonyl (C=O) groups excluding carboxylic acids is 1. The van der Waals surface area contributed by atoms with Crippen LogP contribution in [0.15, 0.2) is 42.5 Å². The van der Waals surface area contributed by atoms with Crippen LogP contribution in [-0.2, 0) is 0 Å². The number of hydrogen-bond donors (Lipinski definition) is 0. The fraction of sp³-hybridized carbons (Fsp3) is 0.375. The molecule has 0 saturated carbocycles. The highest BCUT2D eigenvalue weighted by molar-refractivity contribution is 6.30. The summed E-state index contributed by atoms with van der Waals surface area (Å²) in [5.74, 6) is 1.91. The molecule has 0 aliphatic carbocycles. The van der Waals surface area contributed by atoms with Gasteiger partial charge in [0.2, 0.25) is 0 Å². The van der Waals surface area contributed by atoms with Gasteiger partial charge in [0.05, 0.1) is 25.5 Å². The zero-order chi connectivity index (χ0) is 20.8. The molecule has 154 valence electrons. The molecule has 2 aromatic carbocycles. The molecule has 0 N–H and O–H groups in total. The highest BCUT2D eigenvalue weighted by Gasteiger charge is 2.23. The summed E-state index contributed by atoms with van der Waals surface area (Å²) in [4.78, 5) is 15.3. The van der Waals surface area contributed by atoms with Crippen molar-refractivity contribution < 1.29 is 14.3 Å². The number of carbonyl (C=O) groups is 1. The van der Waals surface area contributed by atoms with Crippen LogP contribution in [0.5, 0.6) is 11.5 Å². The fourth-order valence-electron chi connectivity index (χ4n) is 3.74. The van der Waals surface area contributed by atoms with Crippen molar-refractivity contribution in [1.82, 2.24) is 0 Å². The minimum Gasteiger partial charge on any atom is -0.496 e. The monoisotopic (exact) mass is 413 g/mol. The molecule has 0 radical (unpaired) electrons. The number of benzene rings is 2. The third kappa shape index (κ3) is 5.13. The highest BCUT2D eigenvalue weighted by atomic mass is 35.5. The van der Waals surface area contributed by atoms with E-state index in [2.05, 4.69) is 11.8 Å². The molecule has 2 aromatic rings. The Bertz CT molecular complexity index is 868. The zero-order valence-corrected chi connectivity index (χ0v) is 18.0. The Labute approximate surface area is 178 Å². The zero-order valence-electron chi connectivity index (χ0n) is 17.3. The highest BCUT2D eigenvalue weighted by Crippen LogP contribution is 2.38. The minimum atomic E-state index is -0.107. The first-order valence-electron chi connectivity index (χ1n) is 10.0. The summed E-state index contributed by atoms with van der Waals surface area (Å²) in [5, 5.41) is 0.668. The average molecular weight is 414 g/mol. The molecule has 0 atom stereocenters. The van der Waals surface area contributed by atoms with Gasteiger partial charge in [-0.15, -0.1) is 0 Å². The number of rotatable bonds is 7. The van der Waals surface area contributed by atoms with Crippen LogP contribution >= 0.6 is 11.6 Å². The van der Waals surface area contributed by atoms with E-state index in [0.717, 1.165) is 48.8 Å². The van der Waals surface area contributed by atoms with Crippen LogP contribution in [0.4, 0.5) is 5.69 Å². The van der Waals surface area contributed by atoms with Crippen molar-refractivity contribution in [3.05, 3.63) is 58.6 Å². The Balaban J connectivity index is 1.88. The van der Waals surface area contributed by atoms with Crippen molar-refractivity contribution in [2.45, 2.75) is 26.2 Å². The lowest BCUT2D eigenvalue weighted by molar-refractivity contribution is 0.104. The Morgan fingerprint density at radius 3 is 2.34 bits per heavy atom. The molecule has 5 heteroatoms. The van der Waals surface area contributed by atoms with Crippen molar-refractivity contribution in [3.8, 4) is 11.5 Å². The van der Waals surface area contributed by atoms with Crippen molar-refractivity contribution >= 4 is 29.1 Å². The molecule has 1 fully saturated rings. The lowest BCUT2D eigenvalue weighted by Crippen LogP contribution is -2.33. The Morgan fingerprint density at radius 2 is 1.76 bits per heavy atom. The third-order valence-corrected chi connectivity index (χ3v) is 5.85. The van der Waals surface area contributed by atoms with Crippen molar-refractivity contribution in [1.29, 1.82) is 0 Å². The fourth-order valence-corrected chi connectivity index (χ4v) is 3.87. The smallest absolute Gasteiger partial charge is 0.189 e. The lowest BCUT2D eigenvalue weighted by Gasteiger charge is -2.34. The molecule has 0 spiro atoms. The Hall–Kier alpha value is -2.46. The topological polar surface area (TPSA) is 38.8 Å². The van der Waals surface area contributed by atoms with Gasteiger partial charge in [-0.2, -0.15) is 0 Å². The van der Waals surface area contributed by atoms with Gasteiger partial charge in [-0.25, -0.2) is 0 Å². The van der Waals surface area contributed by atoms with E-state index < -0.39 is 0 Å². The largest absolute Gasteiger partial charge is 0.496 e. The SMILES string of the molecule is CCC1CCN(c2cc(C(=O)/C=C/c3ccc(Cl)cc3)c(OC)cc2OC)CC1. The molecular weight excluding hydrogens is 386 g/mol. The van der Waals surface area contributed by atoms with Gasteiger partial charge < -0.3 is 14.4 Å². The summed E-state index contributed by atoms with van der Waals surface area (Å²) in [7, 11) is 3.22. The summed E-state index contributed by atoms with van der Waals surface area (Å²) in [5.41, 5.74) is 2.40. The average Bonchev–Trinajstić information content (AvgIpc) is 2.77. The van der Waals surface area contributed by atoms with E-state index in [-0.39, 0.29) is 5.78 Å². The maximum atomic E-state index is 12.9. The molecule has 4 nitrogen and oxygen atoms in total. The van der Waals surface area contributed by atoms with Crippen molar-refractivity contribution in [2.75, 3.05) is 32.2 Å². The van der Waals surface area contributed by atoms with Gasteiger partial charge >= 0.3 is 0 Å². The van der Waals surface area contributed by atoms with Gasteiger partial charge in [-0.1, -0.05) is 43.2 Å². The van der Waals surface area contributed by atoms with Gasteiger partial charge in [-0.3, -0.25) is 4.79 Å². The first-order valence-corrected chi connectivity index (χ1v) is 10.4. The van der Waals surface area contributed by atoms with Crippen LogP contribution in [-0.4, -0.2) is 33.1 Å². The number of ether oxygens (including phenoxy) is 2. The number of piperidine rings is 1. The Morgan fingerprint density at radius 1 is 1.10 bits per heavy atom. The molecule has 0 aromatic heterocycles. The number of allylic oxidation sites excluding steroid dienone is 1. The Kier molecular flexibility index (Phi) is 7.21. The standard InChI is InChI=1S/C24H28ClNO3/c1-4-17-11-13-26(14-12-17)21-15-20(23(28-2)16-24(21)29-3)22(27)10-7-18-5-8-19(25)9-6-18/h5-10,15-17H,4,11-14H2,1-3H3/b10-7+. The van der Waals surface area contributed by atoms with Crippen LogP contribution in [0.25, 0.3) is 6.08 Å². The van der Waals surface area contributed by atoms with Crippen LogP contribution in [0.3, 0.4) is 0 Å². The number of ketones is 1. The van der Waals surface area contributed by atoms with Crippen molar-refractivity contribution in [3.63, 3.8) is 0 Å². The van der Waals surface area contributed by atoms with E-state index >= 15 is 0 Å². The van der Waals surface area contributed by atoms with Gasteiger partial charge in [0, 0.05) is 24.2 Å². The number of nitrogens with zero attached hydrogens (tertiary/aromatic N) is 1. The second kappa shape index (κ2) is 9.84. The predicted octanol–water partition coefficient (Wildman–Crippen LogP) is 5.88. The number of hydrogen-bond acceptors (Lipinski definition) is 4. The van der Waals surface area contributed by atoms with E-state index in [9.17, 15) is 4.79 Å². The molecular formula is C24H28ClNO3. The van der Waals surface area contributed by atoms with E-state index in [4.69, 9.17) is 21.1 Å². The molecule has 0 bridgehead atoms. The number of anilines is 1. The molecule has 1 saturated heterocycles. The number of halogens is 1. The van der Waals surface area contributed by atoms with Gasteiger partial charge in [0.25, 0.3) is 0 Å². The molecule has 0 unspecified atom stereocenters. The van der Waals surface area contributed by atoms with Crippen molar-refractivity contribution in [2.24, 2.45) is 5.92 Å². The number of methoxy groups -OCH3 is 2. The minimum absolute atomic E-state index is 0.107. The molecule has 1 aliphatic heterocycles. The van der Waals surface area contributed by atoms with Crippen LogP contribution in [0.2, 0.25) is 5.02 Å². The van der Waals surface area contributed by atoms with E-state index in [1.807, 2.05) is 24.3 Å². The van der Waals surface area contributed by atoms with Crippen LogP contribution in [0, 0.1) is 5.92 Å². The molecule has 3 rings (SSSR count). The maximum absolute atomic E-state index is 12.9. The molecule has 1 heterocycles. The summed E-state index contributed by atoms with van der Waals surface area (Å²) >= 11 is 5.92. The summed E-state index contributed by atoms with van der Waals surface area (Å²) < 4.78 is 11.1. The second-order valence-corrected chi connectivity index (χ2v) is 7.75. The van der Waals surface area contributed by atoms with Gasteiger partial charge in [0.15, 0.2) is 5.78 Å². The maximum Gasteiger partial charge on any atom is 0.189 e. The molecule has 0 amide bonds. The first kappa shape index (κ1) is 21.3. The normalized spacial score (nSPS) is 15.0. The lowest BCUT2D eigenvalue weighted by atomic mass is 9.94. The van der Waals surface area contributed by atoms with Gasteiger partial charge in [-0.05, 0) is 48.6 Å². The molecule has 29 heavy (non-hydrogen) atoms. The van der Waals surface area contributed by atoms with E-state index in [1.54, 1.807) is 38.5 Å². The summed E-state index contributed by atoms with van der Waals surface area (Å²) in [6.45, 7) is 4.18. The summed E-state index contributed by atoms with van der Waals surface area (Å²) in [6, 6.07) is 11.1. The van der Waals surface area contributed by atoms with Crippen LogP contribution in [0.1, 0.15) is 42.1 Å². The van der Waals surface area contributed by atoms with Gasteiger partial charge in [0.1, 0.15) is 11.5 Å². The van der Waals surface area contributed by atoms with Crippen LogP contribution < -0.4 is 14.4 Å².